The minimum absolute atomic E-state index is 0.0820. The third kappa shape index (κ3) is 4.03. The molecule has 3 rings (SSSR count). The third-order valence-electron chi connectivity index (χ3n) is 3.92. The quantitative estimate of drug-likeness (QED) is 0.669. The van der Waals surface area contributed by atoms with Gasteiger partial charge in [-0.1, -0.05) is 24.3 Å². The smallest absolute Gasteiger partial charge is 0.251 e. The number of nitrogens with zero attached hydrogens (tertiary/aromatic N) is 1. The summed E-state index contributed by atoms with van der Waals surface area (Å²) < 4.78 is 0. The monoisotopic (exact) mass is 336 g/mol. The van der Waals surface area contributed by atoms with Crippen LogP contribution in [0.2, 0.25) is 0 Å². The van der Waals surface area contributed by atoms with E-state index in [1.54, 1.807) is 12.1 Å². The highest BCUT2D eigenvalue weighted by Crippen LogP contribution is 2.16. The van der Waals surface area contributed by atoms with Crippen molar-refractivity contribution < 1.29 is 9.59 Å². The zero-order valence-electron chi connectivity index (χ0n) is 14.2. The van der Waals surface area contributed by atoms with Crippen LogP contribution in [0.5, 0.6) is 0 Å². The average Bonchev–Trinajstić information content (AvgIpc) is 3.04. The molecule has 0 spiro atoms. The van der Waals surface area contributed by atoms with Crippen molar-refractivity contribution >= 4 is 22.8 Å². The molecule has 1 unspecified atom stereocenters. The number of nitrogens with one attached hydrogen (secondary N) is 3. The normalized spacial score (nSPS) is 11.9. The van der Waals surface area contributed by atoms with Gasteiger partial charge in [0.05, 0.1) is 17.1 Å². The van der Waals surface area contributed by atoms with Gasteiger partial charge < -0.3 is 15.6 Å². The van der Waals surface area contributed by atoms with Crippen LogP contribution >= 0.6 is 0 Å². The topological polar surface area (TPSA) is 86.9 Å². The lowest BCUT2D eigenvalue weighted by Gasteiger charge is -2.12. The Hall–Kier alpha value is -3.15. The Kier molecular flexibility index (Phi) is 4.79. The minimum Gasteiger partial charge on any atom is -0.352 e. The van der Waals surface area contributed by atoms with Gasteiger partial charge in [-0.2, -0.15) is 0 Å². The fraction of sp³-hybridized carbons (Fsp3) is 0.211. The molecule has 3 aromatic rings. The number of hydrogen-bond acceptors (Lipinski definition) is 3. The Morgan fingerprint density at radius 3 is 2.52 bits per heavy atom. The first-order chi connectivity index (χ1) is 12.0. The molecule has 3 N–H and O–H groups in total. The fourth-order valence-electron chi connectivity index (χ4n) is 2.53. The molecule has 25 heavy (non-hydrogen) atoms. The fourth-order valence-corrected chi connectivity index (χ4v) is 2.53. The lowest BCUT2D eigenvalue weighted by molar-refractivity contribution is -0.119. The van der Waals surface area contributed by atoms with E-state index in [9.17, 15) is 9.59 Å². The number of carbonyl (C=O) groups is 2. The summed E-state index contributed by atoms with van der Waals surface area (Å²) in [5.74, 6) is 0.470. The molecular formula is C19H20N4O2. The molecule has 0 aliphatic rings. The molecule has 0 saturated carbocycles. The molecule has 0 bridgehead atoms. The van der Waals surface area contributed by atoms with Crippen LogP contribution in [0.4, 0.5) is 0 Å². The SMILES string of the molecule is CC(=O)NCc1ccc(C(=O)NC(C)c2nc3ccccc3[nH]2)cc1. The summed E-state index contributed by atoms with van der Waals surface area (Å²) in [4.78, 5) is 31.1. The van der Waals surface area contributed by atoms with E-state index in [0.29, 0.717) is 12.1 Å². The Morgan fingerprint density at radius 2 is 1.84 bits per heavy atom. The van der Waals surface area contributed by atoms with E-state index >= 15 is 0 Å². The van der Waals surface area contributed by atoms with Crippen molar-refractivity contribution in [3.05, 3.63) is 65.5 Å². The van der Waals surface area contributed by atoms with Gasteiger partial charge >= 0.3 is 0 Å². The average molecular weight is 336 g/mol. The molecule has 1 atom stereocenters. The number of imidazole rings is 1. The molecule has 2 aromatic carbocycles. The molecule has 0 fully saturated rings. The van der Waals surface area contributed by atoms with Crippen molar-refractivity contribution in [1.82, 2.24) is 20.6 Å². The van der Waals surface area contributed by atoms with E-state index in [2.05, 4.69) is 20.6 Å². The summed E-state index contributed by atoms with van der Waals surface area (Å²) in [7, 11) is 0. The van der Waals surface area contributed by atoms with Gasteiger partial charge in [-0.05, 0) is 36.8 Å². The van der Waals surface area contributed by atoms with Crippen LogP contribution in [0, 0.1) is 0 Å². The molecule has 6 nitrogen and oxygen atoms in total. The standard InChI is InChI=1S/C19H20N4O2/c1-12(18-22-16-5-3-4-6-17(16)23-18)21-19(25)15-9-7-14(8-10-15)11-20-13(2)24/h3-10,12H,11H2,1-2H3,(H,20,24)(H,21,25)(H,22,23). The summed E-state index contributed by atoms with van der Waals surface area (Å²) in [6, 6.07) is 14.7. The largest absolute Gasteiger partial charge is 0.352 e. The van der Waals surface area contributed by atoms with Crippen molar-refractivity contribution in [2.45, 2.75) is 26.4 Å². The first-order valence-electron chi connectivity index (χ1n) is 8.12. The van der Waals surface area contributed by atoms with E-state index < -0.39 is 0 Å². The number of amides is 2. The molecule has 0 aliphatic carbocycles. The van der Waals surface area contributed by atoms with Gasteiger partial charge in [0.1, 0.15) is 5.82 Å². The van der Waals surface area contributed by atoms with Gasteiger partial charge in [0.25, 0.3) is 5.91 Å². The lowest BCUT2D eigenvalue weighted by atomic mass is 10.1. The van der Waals surface area contributed by atoms with Crippen molar-refractivity contribution in [2.75, 3.05) is 0 Å². The van der Waals surface area contributed by atoms with E-state index in [1.165, 1.54) is 6.92 Å². The Labute approximate surface area is 145 Å². The molecule has 1 heterocycles. The molecule has 0 radical (unpaired) electrons. The number of aromatic nitrogens is 2. The van der Waals surface area contributed by atoms with Gasteiger partial charge in [-0.15, -0.1) is 0 Å². The maximum absolute atomic E-state index is 12.4. The van der Waals surface area contributed by atoms with Crippen LogP contribution < -0.4 is 10.6 Å². The first-order valence-corrected chi connectivity index (χ1v) is 8.12. The molecule has 0 saturated heterocycles. The third-order valence-corrected chi connectivity index (χ3v) is 3.92. The number of H-pyrrole nitrogens is 1. The maximum Gasteiger partial charge on any atom is 0.251 e. The van der Waals surface area contributed by atoms with Crippen molar-refractivity contribution in [3.8, 4) is 0 Å². The molecule has 128 valence electrons. The highest BCUT2D eigenvalue weighted by Gasteiger charge is 2.14. The number of benzene rings is 2. The van der Waals surface area contributed by atoms with Gasteiger partial charge in [0, 0.05) is 19.0 Å². The van der Waals surface area contributed by atoms with E-state index in [1.807, 2.05) is 43.3 Å². The second kappa shape index (κ2) is 7.17. The van der Waals surface area contributed by atoms with Gasteiger partial charge in [-0.3, -0.25) is 9.59 Å². The number of carbonyl (C=O) groups excluding carboxylic acids is 2. The van der Waals surface area contributed by atoms with Crippen LogP contribution in [0.1, 0.15) is 41.6 Å². The van der Waals surface area contributed by atoms with Crippen LogP contribution in [0.25, 0.3) is 11.0 Å². The maximum atomic E-state index is 12.4. The van der Waals surface area contributed by atoms with Crippen molar-refractivity contribution in [1.29, 1.82) is 0 Å². The first kappa shape index (κ1) is 16.7. The Morgan fingerprint density at radius 1 is 1.12 bits per heavy atom. The molecule has 0 aliphatic heterocycles. The van der Waals surface area contributed by atoms with Gasteiger partial charge in [-0.25, -0.2) is 4.98 Å². The van der Waals surface area contributed by atoms with E-state index in [-0.39, 0.29) is 17.9 Å². The summed E-state index contributed by atoms with van der Waals surface area (Å²) >= 11 is 0. The van der Waals surface area contributed by atoms with Gasteiger partial charge in [0.2, 0.25) is 5.91 Å². The Bertz CT molecular complexity index is 866. The zero-order chi connectivity index (χ0) is 17.8. The van der Waals surface area contributed by atoms with Crippen LogP contribution in [-0.2, 0) is 11.3 Å². The predicted octanol–water partition coefficient (Wildman–Crippen LogP) is 2.69. The minimum atomic E-state index is -0.237. The molecular weight excluding hydrogens is 316 g/mol. The summed E-state index contributed by atoms with van der Waals surface area (Å²) in [6.45, 7) is 3.81. The lowest BCUT2D eigenvalue weighted by Crippen LogP contribution is -2.27. The molecule has 2 amide bonds. The second-order valence-electron chi connectivity index (χ2n) is 5.94. The van der Waals surface area contributed by atoms with E-state index in [0.717, 1.165) is 22.4 Å². The molecule has 6 heteroatoms. The predicted molar refractivity (Wildman–Crippen MR) is 95.9 cm³/mol. The van der Waals surface area contributed by atoms with Crippen LogP contribution in [0.3, 0.4) is 0 Å². The second-order valence-corrected chi connectivity index (χ2v) is 5.94. The highest BCUT2D eigenvalue weighted by atomic mass is 16.2. The zero-order valence-corrected chi connectivity index (χ0v) is 14.2. The number of para-hydroxylation sites is 2. The summed E-state index contributed by atoms with van der Waals surface area (Å²) in [5.41, 5.74) is 3.33. The van der Waals surface area contributed by atoms with Crippen molar-refractivity contribution in [2.24, 2.45) is 0 Å². The van der Waals surface area contributed by atoms with Crippen molar-refractivity contribution in [3.63, 3.8) is 0 Å². The summed E-state index contributed by atoms with van der Waals surface area (Å²) in [6.07, 6.45) is 0. The number of aromatic amines is 1. The molecule has 1 aromatic heterocycles. The number of fused-ring (bicyclic) bond motifs is 1. The van der Waals surface area contributed by atoms with Crippen LogP contribution in [-0.4, -0.2) is 21.8 Å². The number of hydrogen-bond donors (Lipinski definition) is 3. The van der Waals surface area contributed by atoms with Gasteiger partial charge in [0.15, 0.2) is 0 Å². The van der Waals surface area contributed by atoms with E-state index in [4.69, 9.17) is 0 Å². The Balaban J connectivity index is 1.65. The number of rotatable bonds is 5. The highest BCUT2D eigenvalue weighted by molar-refractivity contribution is 5.94. The summed E-state index contributed by atoms with van der Waals surface area (Å²) in [5, 5.41) is 5.67. The van der Waals surface area contributed by atoms with Crippen LogP contribution in [0.15, 0.2) is 48.5 Å².